The lowest BCUT2D eigenvalue weighted by molar-refractivity contribution is 0.323. The molecule has 1 fully saturated rings. The fraction of sp³-hybridized carbons (Fsp3) is 0.647. The van der Waals surface area contributed by atoms with Gasteiger partial charge in [-0.15, -0.1) is 0 Å². The van der Waals surface area contributed by atoms with Gasteiger partial charge >= 0.3 is 0 Å². The Kier molecular flexibility index (Phi) is 5.74. The van der Waals surface area contributed by atoms with E-state index in [0.717, 1.165) is 18.0 Å². The minimum Gasteiger partial charge on any atom is -0.493 e. The molecule has 0 aromatic heterocycles. The smallest absolute Gasteiger partial charge is 0.203 e. The van der Waals surface area contributed by atoms with Crippen molar-refractivity contribution < 1.29 is 14.2 Å². The Balaban J connectivity index is 2.04. The van der Waals surface area contributed by atoms with Crippen LogP contribution in [-0.4, -0.2) is 27.4 Å². The van der Waals surface area contributed by atoms with Crippen LogP contribution >= 0.6 is 0 Å². The first kappa shape index (κ1) is 16.0. The number of nitrogens with one attached hydrogen (secondary N) is 1. The van der Waals surface area contributed by atoms with Gasteiger partial charge in [0.25, 0.3) is 0 Å². The van der Waals surface area contributed by atoms with Crippen LogP contribution in [-0.2, 0) is 6.54 Å². The minimum atomic E-state index is 0.594. The zero-order valence-electron chi connectivity index (χ0n) is 13.6. The normalized spacial score (nSPS) is 15.6. The summed E-state index contributed by atoms with van der Waals surface area (Å²) in [6.07, 6.45) is 5.27. The van der Waals surface area contributed by atoms with Gasteiger partial charge in [0.05, 0.1) is 21.3 Å². The monoisotopic (exact) mass is 293 g/mol. The van der Waals surface area contributed by atoms with Gasteiger partial charge in [-0.3, -0.25) is 0 Å². The number of benzene rings is 1. The third kappa shape index (κ3) is 4.27. The van der Waals surface area contributed by atoms with Gasteiger partial charge in [0.2, 0.25) is 5.75 Å². The molecule has 1 N–H and O–H groups in total. The molecule has 0 spiro atoms. The molecule has 1 aromatic carbocycles. The van der Waals surface area contributed by atoms with E-state index >= 15 is 0 Å². The third-order valence-electron chi connectivity index (χ3n) is 4.13. The second kappa shape index (κ2) is 7.55. The van der Waals surface area contributed by atoms with Gasteiger partial charge in [0.1, 0.15) is 0 Å². The first-order valence-corrected chi connectivity index (χ1v) is 7.74. The molecule has 21 heavy (non-hydrogen) atoms. The van der Waals surface area contributed by atoms with Gasteiger partial charge in [0, 0.05) is 12.6 Å². The van der Waals surface area contributed by atoms with Crippen LogP contribution in [0.4, 0.5) is 0 Å². The third-order valence-corrected chi connectivity index (χ3v) is 4.13. The van der Waals surface area contributed by atoms with Gasteiger partial charge < -0.3 is 19.5 Å². The van der Waals surface area contributed by atoms with Crippen LogP contribution in [0.3, 0.4) is 0 Å². The number of hydrogen-bond donors (Lipinski definition) is 1. The Bertz CT molecular complexity index is 432. The second-order valence-corrected chi connectivity index (χ2v) is 5.70. The fourth-order valence-electron chi connectivity index (χ4n) is 2.65. The summed E-state index contributed by atoms with van der Waals surface area (Å²) in [4.78, 5) is 0. The second-order valence-electron chi connectivity index (χ2n) is 5.70. The number of methoxy groups -OCH3 is 3. The van der Waals surface area contributed by atoms with Crippen LogP contribution in [0.25, 0.3) is 0 Å². The Labute approximate surface area is 127 Å². The first-order chi connectivity index (χ1) is 10.2. The van der Waals surface area contributed by atoms with Crippen molar-refractivity contribution in [3.63, 3.8) is 0 Å². The van der Waals surface area contributed by atoms with Crippen molar-refractivity contribution in [2.75, 3.05) is 21.3 Å². The molecular formula is C17H27NO3. The largest absolute Gasteiger partial charge is 0.493 e. The van der Waals surface area contributed by atoms with Gasteiger partial charge in [0.15, 0.2) is 11.5 Å². The van der Waals surface area contributed by atoms with E-state index in [1.807, 2.05) is 12.1 Å². The molecule has 0 aliphatic heterocycles. The highest BCUT2D eigenvalue weighted by Gasteiger charge is 2.24. The first-order valence-electron chi connectivity index (χ1n) is 7.74. The zero-order chi connectivity index (χ0) is 15.2. The molecule has 4 nitrogen and oxygen atoms in total. The predicted molar refractivity (Wildman–Crippen MR) is 84.4 cm³/mol. The van der Waals surface area contributed by atoms with E-state index in [0.29, 0.717) is 23.3 Å². The van der Waals surface area contributed by atoms with Crippen molar-refractivity contribution >= 4 is 0 Å². The summed E-state index contributed by atoms with van der Waals surface area (Å²) in [5.74, 6) is 3.02. The van der Waals surface area contributed by atoms with Crippen LogP contribution in [0, 0.1) is 5.92 Å². The lowest BCUT2D eigenvalue weighted by atomic mass is 10.1. The SMILES string of the molecule is CCC(CC1CC1)NCc1cc(OC)c(OC)c(OC)c1. The summed E-state index contributed by atoms with van der Waals surface area (Å²) in [5, 5.41) is 3.65. The van der Waals surface area contributed by atoms with Crippen LogP contribution in [0.15, 0.2) is 12.1 Å². The van der Waals surface area contributed by atoms with Crippen molar-refractivity contribution in [2.45, 2.75) is 45.2 Å². The van der Waals surface area contributed by atoms with Crippen molar-refractivity contribution in [1.82, 2.24) is 5.32 Å². The van der Waals surface area contributed by atoms with E-state index in [-0.39, 0.29) is 0 Å². The van der Waals surface area contributed by atoms with E-state index < -0.39 is 0 Å². The van der Waals surface area contributed by atoms with E-state index in [2.05, 4.69) is 12.2 Å². The van der Waals surface area contributed by atoms with Crippen LogP contribution in [0.5, 0.6) is 17.2 Å². The van der Waals surface area contributed by atoms with Crippen LogP contribution in [0.2, 0.25) is 0 Å². The fourth-order valence-corrected chi connectivity index (χ4v) is 2.65. The predicted octanol–water partition coefficient (Wildman–Crippen LogP) is 3.38. The Morgan fingerprint density at radius 3 is 2.14 bits per heavy atom. The molecule has 1 atom stereocenters. The highest BCUT2D eigenvalue weighted by molar-refractivity contribution is 5.53. The van der Waals surface area contributed by atoms with Crippen LogP contribution < -0.4 is 19.5 Å². The Morgan fingerprint density at radius 1 is 1.10 bits per heavy atom. The molecule has 0 bridgehead atoms. The summed E-state index contributed by atoms with van der Waals surface area (Å²) in [6.45, 7) is 3.07. The molecule has 4 heteroatoms. The number of ether oxygens (including phenoxy) is 3. The lowest BCUT2D eigenvalue weighted by Gasteiger charge is -2.18. The van der Waals surface area contributed by atoms with Gasteiger partial charge in [-0.05, 0) is 36.5 Å². The molecule has 1 aromatic rings. The summed E-state index contributed by atoms with van der Waals surface area (Å²) < 4.78 is 16.1. The highest BCUT2D eigenvalue weighted by atomic mass is 16.5. The topological polar surface area (TPSA) is 39.7 Å². The molecule has 1 aliphatic rings. The molecule has 0 saturated heterocycles. The summed E-state index contributed by atoms with van der Waals surface area (Å²) >= 11 is 0. The van der Waals surface area contributed by atoms with E-state index in [4.69, 9.17) is 14.2 Å². The zero-order valence-corrected chi connectivity index (χ0v) is 13.6. The molecular weight excluding hydrogens is 266 g/mol. The van der Waals surface area contributed by atoms with E-state index in [9.17, 15) is 0 Å². The van der Waals surface area contributed by atoms with E-state index in [1.54, 1.807) is 21.3 Å². The summed E-state index contributed by atoms with van der Waals surface area (Å²) in [6, 6.07) is 4.62. The standard InChI is InChI=1S/C17H27NO3/c1-5-14(8-12-6-7-12)18-11-13-9-15(19-2)17(21-4)16(10-13)20-3/h9-10,12,14,18H,5-8,11H2,1-4H3. The minimum absolute atomic E-state index is 0.594. The average Bonchev–Trinajstić information content (AvgIpc) is 3.34. The molecule has 1 unspecified atom stereocenters. The van der Waals surface area contributed by atoms with Crippen LogP contribution in [0.1, 0.15) is 38.2 Å². The van der Waals surface area contributed by atoms with Gasteiger partial charge in [-0.25, -0.2) is 0 Å². The Morgan fingerprint density at radius 2 is 1.71 bits per heavy atom. The number of rotatable bonds is 9. The van der Waals surface area contributed by atoms with E-state index in [1.165, 1.54) is 25.7 Å². The number of hydrogen-bond acceptors (Lipinski definition) is 4. The quantitative estimate of drug-likeness (QED) is 0.757. The maximum Gasteiger partial charge on any atom is 0.203 e. The summed E-state index contributed by atoms with van der Waals surface area (Å²) in [5.41, 5.74) is 1.15. The van der Waals surface area contributed by atoms with Gasteiger partial charge in [-0.1, -0.05) is 19.8 Å². The molecule has 1 saturated carbocycles. The molecule has 0 radical (unpaired) electrons. The maximum absolute atomic E-state index is 5.39. The highest BCUT2D eigenvalue weighted by Crippen LogP contribution is 2.38. The Hall–Kier alpha value is -1.42. The van der Waals surface area contributed by atoms with Crippen molar-refractivity contribution in [1.29, 1.82) is 0 Å². The maximum atomic E-state index is 5.39. The molecule has 0 heterocycles. The van der Waals surface area contributed by atoms with Crippen molar-refractivity contribution in [3.05, 3.63) is 17.7 Å². The average molecular weight is 293 g/mol. The van der Waals surface area contributed by atoms with Crippen molar-refractivity contribution in [2.24, 2.45) is 5.92 Å². The molecule has 118 valence electrons. The van der Waals surface area contributed by atoms with Gasteiger partial charge in [-0.2, -0.15) is 0 Å². The summed E-state index contributed by atoms with van der Waals surface area (Å²) in [7, 11) is 4.92. The molecule has 0 amide bonds. The van der Waals surface area contributed by atoms with Crippen molar-refractivity contribution in [3.8, 4) is 17.2 Å². The lowest BCUT2D eigenvalue weighted by Crippen LogP contribution is -2.28. The molecule has 1 aliphatic carbocycles. The molecule has 2 rings (SSSR count).